The zero-order chi connectivity index (χ0) is 14.8. The normalized spacial score (nSPS) is 21.1. The van der Waals surface area contributed by atoms with Crippen molar-refractivity contribution in [2.24, 2.45) is 0 Å². The minimum atomic E-state index is -3.39. The number of rotatable bonds is 4. The standard InChI is InChI=1S/C14H22N2O2S2/c1-11-10-19-8-7-16(11)20(17,18)14-6-4-5-13(9-15-3)12(14)2/h4-6,11,15H,7-10H2,1-3H3. The van der Waals surface area contributed by atoms with E-state index in [4.69, 9.17) is 0 Å². The lowest BCUT2D eigenvalue weighted by Gasteiger charge is -2.32. The van der Waals surface area contributed by atoms with Gasteiger partial charge < -0.3 is 5.32 Å². The van der Waals surface area contributed by atoms with Gasteiger partial charge in [-0.25, -0.2) is 8.42 Å². The number of nitrogens with one attached hydrogen (secondary N) is 1. The maximum atomic E-state index is 12.9. The molecule has 0 bridgehead atoms. The minimum Gasteiger partial charge on any atom is -0.316 e. The van der Waals surface area contributed by atoms with Crippen LogP contribution in [0.1, 0.15) is 18.1 Å². The number of sulfonamides is 1. The van der Waals surface area contributed by atoms with E-state index in [-0.39, 0.29) is 6.04 Å². The molecule has 0 aliphatic carbocycles. The molecule has 0 saturated carbocycles. The van der Waals surface area contributed by atoms with E-state index in [0.717, 1.165) is 22.6 Å². The molecule has 20 heavy (non-hydrogen) atoms. The quantitative estimate of drug-likeness (QED) is 0.921. The van der Waals surface area contributed by atoms with Crippen LogP contribution in [0.4, 0.5) is 0 Å². The van der Waals surface area contributed by atoms with Crippen molar-refractivity contribution in [1.82, 2.24) is 9.62 Å². The first-order valence-corrected chi connectivity index (χ1v) is 9.40. The third-order valence-electron chi connectivity index (χ3n) is 3.66. The zero-order valence-electron chi connectivity index (χ0n) is 12.2. The van der Waals surface area contributed by atoms with E-state index in [1.54, 1.807) is 10.4 Å². The lowest BCUT2D eigenvalue weighted by atomic mass is 10.1. The van der Waals surface area contributed by atoms with Crippen LogP contribution in [0.2, 0.25) is 0 Å². The third-order valence-corrected chi connectivity index (χ3v) is 7.00. The van der Waals surface area contributed by atoms with Crippen molar-refractivity contribution in [2.75, 3.05) is 25.1 Å². The van der Waals surface area contributed by atoms with E-state index >= 15 is 0 Å². The van der Waals surface area contributed by atoms with E-state index in [2.05, 4.69) is 5.32 Å². The van der Waals surface area contributed by atoms with E-state index in [9.17, 15) is 8.42 Å². The Morgan fingerprint density at radius 3 is 2.85 bits per heavy atom. The summed E-state index contributed by atoms with van der Waals surface area (Å²) in [5.41, 5.74) is 1.89. The van der Waals surface area contributed by atoms with Gasteiger partial charge in [0.1, 0.15) is 0 Å². The maximum absolute atomic E-state index is 12.9. The molecule has 0 radical (unpaired) electrons. The highest BCUT2D eigenvalue weighted by atomic mass is 32.2. The first kappa shape index (κ1) is 15.8. The summed E-state index contributed by atoms with van der Waals surface area (Å²) in [5, 5.41) is 3.08. The van der Waals surface area contributed by atoms with Crippen molar-refractivity contribution in [2.45, 2.75) is 31.3 Å². The fourth-order valence-electron chi connectivity index (χ4n) is 2.52. The zero-order valence-corrected chi connectivity index (χ0v) is 13.9. The van der Waals surface area contributed by atoms with Crippen molar-refractivity contribution in [3.05, 3.63) is 29.3 Å². The Hall–Kier alpha value is -0.560. The number of hydrogen-bond donors (Lipinski definition) is 1. The van der Waals surface area contributed by atoms with Gasteiger partial charge in [-0.15, -0.1) is 0 Å². The Labute approximate surface area is 126 Å². The molecular weight excluding hydrogens is 292 g/mol. The molecule has 2 rings (SSSR count). The maximum Gasteiger partial charge on any atom is 0.243 e. The van der Waals surface area contributed by atoms with Crippen LogP contribution in [0.3, 0.4) is 0 Å². The molecule has 6 heteroatoms. The van der Waals surface area contributed by atoms with Crippen molar-refractivity contribution < 1.29 is 8.42 Å². The van der Waals surface area contributed by atoms with Crippen molar-refractivity contribution in [3.8, 4) is 0 Å². The van der Waals surface area contributed by atoms with Crippen molar-refractivity contribution >= 4 is 21.8 Å². The Morgan fingerprint density at radius 2 is 2.20 bits per heavy atom. The highest BCUT2D eigenvalue weighted by Crippen LogP contribution is 2.27. The second-order valence-electron chi connectivity index (χ2n) is 5.11. The van der Waals surface area contributed by atoms with Gasteiger partial charge in [0.25, 0.3) is 0 Å². The number of thioether (sulfide) groups is 1. The van der Waals surface area contributed by atoms with Gasteiger partial charge >= 0.3 is 0 Å². The average Bonchev–Trinajstić information content (AvgIpc) is 2.41. The lowest BCUT2D eigenvalue weighted by Crippen LogP contribution is -2.44. The smallest absolute Gasteiger partial charge is 0.243 e. The summed E-state index contributed by atoms with van der Waals surface area (Å²) in [5.74, 6) is 1.74. The van der Waals surface area contributed by atoms with Crippen LogP contribution in [0, 0.1) is 6.92 Å². The van der Waals surface area contributed by atoms with Crippen molar-refractivity contribution in [3.63, 3.8) is 0 Å². The largest absolute Gasteiger partial charge is 0.316 e. The molecule has 1 saturated heterocycles. The molecule has 1 aliphatic heterocycles. The molecule has 1 unspecified atom stereocenters. The second-order valence-corrected chi connectivity index (χ2v) is 8.12. The van der Waals surface area contributed by atoms with E-state index < -0.39 is 10.0 Å². The van der Waals surface area contributed by atoms with Crippen LogP contribution in [-0.4, -0.2) is 43.9 Å². The molecule has 1 aromatic rings. The van der Waals surface area contributed by atoms with E-state index in [0.29, 0.717) is 18.0 Å². The monoisotopic (exact) mass is 314 g/mol. The summed E-state index contributed by atoms with van der Waals surface area (Å²) < 4.78 is 27.4. The third kappa shape index (κ3) is 3.03. The van der Waals surface area contributed by atoms with Crippen LogP contribution in [0.15, 0.2) is 23.1 Å². The topological polar surface area (TPSA) is 49.4 Å². The molecule has 1 fully saturated rings. The van der Waals surface area contributed by atoms with Crippen molar-refractivity contribution in [1.29, 1.82) is 0 Å². The molecule has 1 atom stereocenters. The molecule has 0 amide bonds. The number of benzene rings is 1. The Morgan fingerprint density at radius 1 is 1.45 bits per heavy atom. The number of nitrogens with zero attached hydrogens (tertiary/aromatic N) is 1. The van der Waals surface area contributed by atoms with Crippen LogP contribution in [0.25, 0.3) is 0 Å². The van der Waals surface area contributed by atoms with E-state index in [1.165, 1.54) is 0 Å². The molecule has 1 N–H and O–H groups in total. The fourth-order valence-corrected chi connectivity index (χ4v) is 5.64. The Kier molecular flexibility index (Phi) is 5.12. The lowest BCUT2D eigenvalue weighted by molar-refractivity contribution is 0.367. The van der Waals surface area contributed by atoms with Gasteiger partial charge in [-0.2, -0.15) is 16.1 Å². The average molecular weight is 314 g/mol. The molecular formula is C14H22N2O2S2. The Bertz CT molecular complexity index is 573. The number of hydrogen-bond acceptors (Lipinski definition) is 4. The Balaban J connectivity index is 2.41. The molecule has 1 aliphatic rings. The van der Waals surface area contributed by atoms with Crippen LogP contribution in [0.5, 0.6) is 0 Å². The van der Waals surface area contributed by atoms with Crippen LogP contribution < -0.4 is 5.32 Å². The van der Waals surface area contributed by atoms with Crippen LogP contribution in [-0.2, 0) is 16.6 Å². The second kappa shape index (κ2) is 6.47. The highest BCUT2D eigenvalue weighted by molar-refractivity contribution is 7.99. The fraction of sp³-hybridized carbons (Fsp3) is 0.571. The van der Waals surface area contributed by atoms with Gasteiger partial charge in [0.2, 0.25) is 10.0 Å². The summed E-state index contributed by atoms with van der Waals surface area (Å²) in [4.78, 5) is 0.448. The summed E-state index contributed by atoms with van der Waals surface area (Å²) in [7, 11) is -1.52. The molecule has 0 aromatic heterocycles. The summed E-state index contributed by atoms with van der Waals surface area (Å²) in [6.45, 7) is 5.16. The summed E-state index contributed by atoms with van der Waals surface area (Å²) >= 11 is 1.82. The van der Waals surface area contributed by atoms with Gasteiger partial charge in [-0.3, -0.25) is 0 Å². The predicted octanol–water partition coefficient (Wildman–Crippen LogP) is 1.84. The van der Waals surface area contributed by atoms with Gasteiger partial charge in [-0.1, -0.05) is 12.1 Å². The van der Waals surface area contributed by atoms with Gasteiger partial charge in [0.05, 0.1) is 4.90 Å². The predicted molar refractivity (Wildman–Crippen MR) is 84.6 cm³/mol. The summed E-state index contributed by atoms with van der Waals surface area (Å²) in [6.07, 6.45) is 0. The minimum absolute atomic E-state index is 0.0612. The first-order chi connectivity index (χ1) is 9.48. The molecule has 4 nitrogen and oxygen atoms in total. The molecule has 1 aromatic carbocycles. The highest BCUT2D eigenvalue weighted by Gasteiger charge is 2.32. The van der Waals surface area contributed by atoms with Gasteiger partial charge in [-0.05, 0) is 38.1 Å². The molecule has 112 valence electrons. The van der Waals surface area contributed by atoms with Gasteiger partial charge in [0.15, 0.2) is 0 Å². The van der Waals surface area contributed by atoms with Crippen LogP contribution >= 0.6 is 11.8 Å². The SMILES string of the molecule is CNCc1cccc(S(=O)(=O)N2CCSCC2C)c1C. The van der Waals surface area contributed by atoms with E-state index in [1.807, 2.05) is 44.8 Å². The molecule has 0 spiro atoms. The molecule has 1 heterocycles. The first-order valence-electron chi connectivity index (χ1n) is 6.81. The van der Waals surface area contributed by atoms with Gasteiger partial charge in [0, 0.05) is 30.6 Å². The summed E-state index contributed by atoms with van der Waals surface area (Å²) in [6, 6.07) is 5.58.